The Morgan fingerprint density at radius 2 is 1.81 bits per heavy atom. The van der Waals surface area contributed by atoms with Crippen LogP contribution in [0.25, 0.3) is 11.4 Å². The SMILES string of the molecule is Brc1cc2c(cc1CSc1nnc(-c3ccncc3)n1C1CC1)OCCO2. The highest BCUT2D eigenvalue weighted by Crippen LogP contribution is 2.42. The summed E-state index contributed by atoms with van der Waals surface area (Å²) in [6, 6.07) is 8.49. The summed E-state index contributed by atoms with van der Waals surface area (Å²) in [6.07, 6.45) is 5.94. The molecular weight excluding hydrogens is 428 g/mol. The summed E-state index contributed by atoms with van der Waals surface area (Å²) in [5, 5.41) is 9.88. The summed E-state index contributed by atoms with van der Waals surface area (Å²) in [5.41, 5.74) is 2.21. The Hall–Kier alpha value is -2.06. The summed E-state index contributed by atoms with van der Waals surface area (Å²) in [7, 11) is 0. The van der Waals surface area contributed by atoms with Crippen molar-refractivity contribution in [2.75, 3.05) is 13.2 Å². The molecule has 0 atom stereocenters. The molecule has 1 aliphatic heterocycles. The van der Waals surface area contributed by atoms with E-state index in [0.29, 0.717) is 19.3 Å². The van der Waals surface area contributed by atoms with Gasteiger partial charge in [0.1, 0.15) is 13.2 Å². The third-order valence-electron chi connectivity index (χ3n) is 4.58. The van der Waals surface area contributed by atoms with E-state index in [1.54, 1.807) is 24.2 Å². The van der Waals surface area contributed by atoms with E-state index < -0.39 is 0 Å². The van der Waals surface area contributed by atoms with E-state index in [4.69, 9.17) is 9.47 Å². The van der Waals surface area contributed by atoms with Gasteiger partial charge in [-0.2, -0.15) is 0 Å². The van der Waals surface area contributed by atoms with E-state index in [1.165, 1.54) is 12.8 Å². The molecule has 8 heteroatoms. The monoisotopic (exact) mass is 444 g/mol. The summed E-state index contributed by atoms with van der Waals surface area (Å²) >= 11 is 5.35. The Morgan fingerprint density at radius 1 is 1.07 bits per heavy atom. The minimum Gasteiger partial charge on any atom is -0.486 e. The maximum atomic E-state index is 5.71. The Balaban J connectivity index is 1.41. The molecule has 1 fully saturated rings. The van der Waals surface area contributed by atoms with Crippen LogP contribution in [0.5, 0.6) is 11.5 Å². The number of nitrogens with zero attached hydrogens (tertiary/aromatic N) is 4. The molecule has 1 aromatic carbocycles. The first-order valence-corrected chi connectivity index (χ1v) is 10.6. The van der Waals surface area contributed by atoms with Crippen LogP contribution in [0.3, 0.4) is 0 Å². The van der Waals surface area contributed by atoms with E-state index in [9.17, 15) is 0 Å². The number of rotatable bonds is 5. The van der Waals surface area contributed by atoms with E-state index in [1.807, 2.05) is 24.3 Å². The summed E-state index contributed by atoms with van der Waals surface area (Å²) < 4.78 is 14.6. The van der Waals surface area contributed by atoms with Crippen LogP contribution in [0.15, 0.2) is 46.3 Å². The zero-order valence-electron chi connectivity index (χ0n) is 14.5. The van der Waals surface area contributed by atoms with Crippen molar-refractivity contribution in [2.24, 2.45) is 0 Å². The van der Waals surface area contributed by atoms with Crippen molar-refractivity contribution in [2.45, 2.75) is 29.8 Å². The number of ether oxygens (including phenoxy) is 2. The minimum absolute atomic E-state index is 0.495. The second kappa shape index (κ2) is 7.16. The molecule has 1 saturated carbocycles. The third-order valence-corrected chi connectivity index (χ3v) is 6.31. The molecule has 3 aromatic rings. The molecule has 2 aliphatic rings. The lowest BCUT2D eigenvalue weighted by Crippen LogP contribution is -2.15. The Bertz CT molecular complexity index is 975. The molecule has 0 amide bonds. The lowest BCUT2D eigenvalue weighted by molar-refractivity contribution is 0.171. The van der Waals surface area contributed by atoms with Gasteiger partial charge in [-0.25, -0.2) is 0 Å². The highest BCUT2D eigenvalue weighted by molar-refractivity contribution is 9.10. The van der Waals surface area contributed by atoms with Crippen LogP contribution in [-0.4, -0.2) is 33.0 Å². The molecule has 0 N–H and O–H groups in total. The lowest BCUT2D eigenvalue weighted by atomic mass is 10.2. The predicted molar refractivity (Wildman–Crippen MR) is 106 cm³/mol. The van der Waals surface area contributed by atoms with Crippen LogP contribution < -0.4 is 9.47 Å². The molecule has 0 unspecified atom stereocenters. The van der Waals surface area contributed by atoms with Gasteiger partial charge in [0, 0.05) is 34.2 Å². The van der Waals surface area contributed by atoms with Crippen molar-refractivity contribution in [3.05, 3.63) is 46.7 Å². The molecule has 6 nitrogen and oxygen atoms in total. The van der Waals surface area contributed by atoms with Gasteiger partial charge in [-0.05, 0) is 42.7 Å². The lowest BCUT2D eigenvalue weighted by Gasteiger charge is -2.19. The van der Waals surface area contributed by atoms with Crippen LogP contribution >= 0.6 is 27.7 Å². The highest BCUT2D eigenvalue weighted by atomic mass is 79.9. The Labute approximate surface area is 169 Å². The summed E-state index contributed by atoms with van der Waals surface area (Å²) in [6.45, 7) is 1.18. The quantitative estimate of drug-likeness (QED) is 0.539. The van der Waals surface area contributed by atoms with Crippen molar-refractivity contribution >= 4 is 27.7 Å². The van der Waals surface area contributed by atoms with E-state index in [2.05, 4.69) is 35.7 Å². The van der Waals surface area contributed by atoms with Gasteiger partial charge < -0.3 is 9.47 Å². The topological polar surface area (TPSA) is 62.1 Å². The molecule has 0 saturated heterocycles. The zero-order valence-corrected chi connectivity index (χ0v) is 16.9. The van der Waals surface area contributed by atoms with Gasteiger partial charge in [0.2, 0.25) is 0 Å². The first-order chi connectivity index (χ1) is 13.3. The maximum Gasteiger partial charge on any atom is 0.192 e. The molecule has 3 heterocycles. The van der Waals surface area contributed by atoms with E-state index in [-0.39, 0.29) is 0 Å². The van der Waals surface area contributed by atoms with Gasteiger partial charge in [0.05, 0.1) is 0 Å². The second-order valence-corrected chi connectivity index (χ2v) is 8.32. The van der Waals surface area contributed by atoms with Crippen molar-refractivity contribution < 1.29 is 9.47 Å². The molecule has 2 aromatic heterocycles. The minimum atomic E-state index is 0.495. The molecule has 27 heavy (non-hydrogen) atoms. The Kier molecular flexibility index (Phi) is 4.53. The van der Waals surface area contributed by atoms with Crippen LogP contribution in [0.2, 0.25) is 0 Å². The van der Waals surface area contributed by atoms with Crippen molar-refractivity contribution in [1.82, 2.24) is 19.7 Å². The van der Waals surface area contributed by atoms with Crippen LogP contribution in [0, 0.1) is 0 Å². The van der Waals surface area contributed by atoms with Gasteiger partial charge in [-0.3, -0.25) is 9.55 Å². The Morgan fingerprint density at radius 3 is 2.56 bits per heavy atom. The fraction of sp³-hybridized carbons (Fsp3) is 0.316. The average Bonchev–Trinajstić information content (AvgIpc) is 3.46. The van der Waals surface area contributed by atoms with Gasteiger partial charge >= 0.3 is 0 Å². The molecule has 138 valence electrons. The molecule has 1 aliphatic carbocycles. The van der Waals surface area contributed by atoms with Crippen molar-refractivity contribution in [1.29, 1.82) is 0 Å². The van der Waals surface area contributed by atoms with Crippen LogP contribution in [-0.2, 0) is 5.75 Å². The number of benzene rings is 1. The van der Waals surface area contributed by atoms with E-state index in [0.717, 1.165) is 43.8 Å². The van der Waals surface area contributed by atoms with Crippen molar-refractivity contribution in [3.8, 4) is 22.9 Å². The maximum absolute atomic E-state index is 5.71. The van der Waals surface area contributed by atoms with Crippen molar-refractivity contribution in [3.63, 3.8) is 0 Å². The van der Waals surface area contributed by atoms with Gasteiger partial charge in [0.25, 0.3) is 0 Å². The number of aromatic nitrogens is 4. The predicted octanol–water partition coefficient (Wildman–Crippen LogP) is 4.50. The average molecular weight is 445 g/mol. The molecule has 0 spiro atoms. The zero-order chi connectivity index (χ0) is 18.2. The van der Waals surface area contributed by atoms with E-state index >= 15 is 0 Å². The van der Waals surface area contributed by atoms with Gasteiger partial charge in [-0.15, -0.1) is 10.2 Å². The van der Waals surface area contributed by atoms with Crippen LogP contribution in [0.4, 0.5) is 0 Å². The second-order valence-electron chi connectivity index (χ2n) is 6.52. The molecule has 5 rings (SSSR count). The third kappa shape index (κ3) is 3.43. The summed E-state index contributed by atoms with van der Waals surface area (Å²) in [4.78, 5) is 4.10. The number of fused-ring (bicyclic) bond motifs is 1. The first-order valence-electron chi connectivity index (χ1n) is 8.86. The number of pyridine rings is 1. The number of hydrogen-bond donors (Lipinski definition) is 0. The largest absolute Gasteiger partial charge is 0.486 e. The molecular formula is C19H17BrN4O2S. The first kappa shape index (κ1) is 17.1. The molecule has 0 radical (unpaired) electrons. The van der Waals surface area contributed by atoms with Crippen LogP contribution in [0.1, 0.15) is 24.4 Å². The number of halogens is 1. The highest BCUT2D eigenvalue weighted by Gasteiger charge is 2.30. The number of hydrogen-bond acceptors (Lipinski definition) is 6. The standard InChI is InChI=1S/C19H17BrN4O2S/c20-15-10-17-16(25-7-8-26-17)9-13(15)11-27-19-23-22-18(24(19)14-1-2-14)12-3-5-21-6-4-12/h3-6,9-10,14H,1-2,7-8,11H2. The smallest absolute Gasteiger partial charge is 0.192 e. The fourth-order valence-electron chi connectivity index (χ4n) is 3.09. The number of thioether (sulfide) groups is 1. The van der Waals surface area contributed by atoms with Gasteiger partial charge in [0.15, 0.2) is 22.5 Å². The fourth-order valence-corrected chi connectivity index (χ4v) is 4.74. The molecule has 0 bridgehead atoms. The summed E-state index contributed by atoms with van der Waals surface area (Å²) in [5.74, 6) is 3.30. The normalized spacial score (nSPS) is 15.7. The van der Waals surface area contributed by atoms with Gasteiger partial charge in [-0.1, -0.05) is 27.7 Å².